The number of pyridine rings is 1. The fourth-order valence-corrected chi connectivity index (χ4v) is 4.72. The second kappa shape index (κ2) is 7.42. The minimum Gasteiger partial charge on any atom is -0.325 e. The van der Waals surface area contributed by atoms with E-state index in [1.807, 2.05) is 31.2 Å². The summed E-state index contributed by atoms with van der Waals surface area (Å²) in [5.41, 5.74) is 2.96. The number of nitrogens with zero attached hydrogens (tertiary/aromatic N) is 5. The van der Waals surface area contributed by atoms with Gasteiger partial charge in [0.05, 0.1) is 29.8 Å². The number of aromatic nitrogens is 5. The Morgan fingerprint density at radius 1 is 1.27 bits per heavy atom. The van der Waals surface area contributed by atoms with E-state index in [9.17, 15) is 9.59 Å². The van der Waals surface area contributed by atoms with Crippen molar-refractivity contribution >= 4 is 34.4 Å². The summed E-state index contributed by atoms with van der Waals surface area (Å²) in [6, 6.07) is 11.2. The van der Waals surface area contributed by atoms with Crippen molar-refractivity contribution in [1.82, 2.24) is 24.3 Å². The summed E-state index contributed by atoms with van der Waals surface area (Å²) in [6.45, 7) is 2.01. The first-order chi connectivity index (χ1) is 14.6. The standard InChI is InChI=1S/C21H18N6O2S/c1-13-4-2-6-15(8-13)27-19-17(11-23-27)20(29)26-16(12-30-21(26)25-19)9-18(28)24-14-5-3-7-22-10-14/h2-8,10-11,16H,9,12H2,1H3,(H,24,28). The Morgan fingerprint density at radius 2 is 2.17 bits per heavy atom. The van der Waals surface area contributed by atoms with Crippen LogP contribution in [0.4, 0.5) is 5.69 Å². The molecule has 4 heterocycles. The third kappa shape index (κ3) is 3.26. The van der Waals surface area contributed by atoms with E-state index in [-0.39, 0.29) is 23.9 Å². The smallest absolute Gasteiger partial charge is 0.265 e. The van der Waals surface area contributed by atoms with Gasteiger partial charge in [-0.25, -0.2) is 9.67 Å². The average molecular weight is 418 g/mol. The van der Waals surface area contributed by atoms with E-state index in [0.29, 0.717) is 27.6 Å². The molecule has 0 radical (unpaired) electrons. The molecular weight excluding hydrogens is 400 g/mol. The molecule has 30 heavy (non-hydrogen) atoms. The van der Waals surface area contributed by atoms with Crippen molar-refractivity contribution in [3.8, 4) is 5.69 Å². The zero-order chi connectivity index (χ0) is 20.7. The second-order valence-corrected chi connectivity index (χ2v) is 8.15. The van der Waals surface area contributed by atoms with Crippen molar-refractivity contribution in [3.63, 3.8) is 0 Å². The number of anilines is 1. The van der Waals surface area contributed by atoms with E-state index in [1.54, 1.807) is 40.0 Å². The third-order valence-electron chi connectivity index (χ3n) is 4.98. The van der Waals surface area contributed by atoms with Gasteiger partial charge in [-0.3, -0.25) is 19.1 Å². The van der Waals surface area contributed by atoms with Crippen molar-refractivity contribution in [2.45, 2.75) is 24.5 Å². The Morgan fingerprint density at radius 3 is 2.97 bits per heavy atom. The van der Waals surface area contributed by atoms with Crippen LogP contribution in [-0.2, 0) is 4.79 Å². The van der Waals surface area contributed by atoms with Crippen molar-refractivity contribution in [3.05, 3.63) is 70.9 Å². The molecule has 0 aliphatic carbocycles. The molecule has 1 aromatic carbocycles. The third-order valence-corrected chi connectivity index (χ3v) is 6.08. The van der Waals surface area contributed by atoms with Crippen LogP contribution in [-0.4, -0.2) is 36.0 Å². The van der Waals surface area contributed by atoms with E-state index in [2.05, 4.69) is 15.4 Å². The van der Waals surface area contributed by atoms with Crippen LogP contribution in [0.2, 0.25) is 0 Å². The quantitative estimate of drug-likeness (QED) is 0.512. The largest absolute Gasteiger partial charge is 0.325 e. The molecule has 1 N–H and O–H groups in total. The Labute approximate surface area is 176 Å². The number of thioether (sulfide) groups is 1. The molecule has 0 fully saturated rings. The fourth-order valence-electron chi connectivity index (χ4n) is 3.59. The minimum atomic E-state index is -0.256. The molecule has 1 unspecified atom stereocenters. The number of carbonyl (C=O) groups is 1. The molecular formula is C21H18N6O2S. The molecule has 5 rings (SSSR count). The van der Waals surface area contributed by atoms with Crippen molar-refractivity contribution in [2.75, 3.05) is 11.1 Å². The van der Waals surface area contributed by atoms with Gasteiger partial charge in [-0.2, -0.15) is 5.10 Å². The number of nitrogens with one attached hydrogen (secondary N) is 1. The summed E-state index contributed by atoms with van der Waals surface area (Å²) < 4.78 is 3.31. The summed E-state index contributed by atoms with van der Waals surface area (Å²) in [5, 5.41) is 8.28. The van der Waals surface area contributed by atoms with Crippen molar-refractivity contribution < 1.29 is 4.79 Å². The van der Waals surface area contributed by atoms with Gasteiger partial charge in [-0.15, -0.1) is 0 Å². The van der Waals surface area contributed by atoms with Gasteiger partial charge in [0.15, 0.2) is 10.8 Å². The van der Waals surface area contributed by atoms with E-state index in [0.717, 1.165) is 11.3 Å². The monoisotopic (exact) mass is 418 g/mol. The highest BCUT2D eigenvalue weighted by atomic mass is 32.2. The molecule has 0 bridgehead atoms. The zero-order valence-electron chi connectivity index (χ0n) is 16.1. The van der Waals surface area contributed by atoms with Crippen LogP contribution in [0.15, 0.2) is 64.9 Å². The Hall–Kier alpha value is -3.46. The van der Waals surface area contributed by atoms with Gasteiger partial charge in [0.25, 0.3) is 5.56 Å². The molecule has 9 heteroatoms. The minimum absolute atomic E-state index is 0.163. The lowest BCUT2D eigenvalue weighted by Gasteiger charge is -2.13. The topological polar surface area (TPSA) is 94.7 Å². The highest BCUT2D eigenvalue weighted by Gasteiger charge is 2.29. The van der Waals surface area contributed by atoms with E-state index >= 15 is 0 Å². The summed E-state index contributed by atoms with van der Waals surface area (Å²) in [5.74, 6) is 0.455. The van der Waals surface area contributed by atoms with Crippen LogP contribution in [0.5, 0.6) is 0 Å². The summed E-state index contributed by atoms with van der Waals surface area (Å²) in [7, 11) is 0. The highest BCUT2D eigenvalue weighted by Crippen LogP contribution is 2.33. The first-order valence-electron chi connectivity index (χ1n) is 9.50. The molecule has 1 aliphatic heterocycles. The van der Waals surface area contributed by atoms with Gasteiger partial charge in [-0.05, 0) is 36.8 Å². The molecule has 3 aromatic heterocycles. The Kier molecular flexibility index (Phi) is 4.59. The van der Waals surface area contributed by atoms with Crippen LogP contribution < -0.4 is 10.9 Å². The molecule has 0 spiro atoms. The summed E-state index contributed by atoms with van der Waals surface area (Å²) in [4.78, 5) is 34.4. The molecule has 150 valence electrons. The number of hydrogen-bond donors (Lipinski definition) is 1. The van der Waals surface area contributed by atoms with Crippen LogP contribution in [0.25, 0.3) is 16.7 Å². The highest BCUT2D eigenvalue weighted by molar-refractivity contribution is 7.99. The predicted octanol–water partition coefficient (Wildman–Crippen LogP) is 2.96. The second-order valence-electron chi connectivity index (χ2n) is 7.16. The molecule has 1 amide bonds. The maximum Gasteiger partial charge on any atom is 0.265 e. The molecule has 8 nitrogen and oxygen atoms in total. The molecule has 0 saturated heterocycles. The number of carbonyl (C=O) groups excluding carboxylic acids is 1. The maximum absolute atomic E-state index is 13.2. The van der Waals surface area contributed by atoms with Gasteiger partial charge in [0.1, 0.15) is 5.39 Å². The first kappa shape index (κ1) is 18.6. The van der Waals surface area contributed by atoms with Crippen molar-refractivity contribution in [2.24, 2.45) is 0 Å². The van der Waals surface area contributed by atoms with E-state index in [1.165, 1.54) is 11.8 Å². The SMILES string of the molecule is Cc1cccc(-n2ncc3c(=O)n4c(nc32)SCC4CC(=O)Nc2cccnc2)c1. The number of aryl methyl sites for hydroxylation is 1. The average Bonchev–Trinajstić information content (AvgIpc) is 3.34. The lowest BCUT2D eigenvalue weighted by molar-refractivity contribution is -0.116. The van der Waals surface area contributed by atoms with Crippen LogP contribution in [0, 0.1) is 6.92 Å². The Bertz CT molecular complexity index is 1310. The van der Waals surface area contributed by atoms with Crippen molar-refractivity contribution in [1.29, 1.82) is 0 Å². The lowest BCUT2D eigenvalue weighted by Crippen LogP contribution is -2.27. The summed E-state index contributed by atoms with van der Waals surface area (Å²) in [6.07, 6.45) is 4.98. The normalized spacial score (nSPS) is 15.3. The fraction of sp³-hybridized carbons (Fsp3) is 0.190. The zero-order valence-corrected chi connectivity index (χ0v) is 17.0. The number of rotatable bonds is 4. The first-order valence-corrected chi connectivity index (χ1v) is 10.5. The van der Waals surface area contributed by atoms with Gasteiger partial charge in [0, 0.05) is 18.4 Å². The Balaban J connectivity index is 1.47. The van der Waals surface area contributed by atoms with Gasteiger partial charge >= 0.3 is 0 Å². The number of amides is 1. The van der Waals surface area contributed by atoms with Gasteiger partial charge < -0.3 is 5.32 Å². The van der Waals surface area contributed by atoms with E-state index < -0.39 is 0 Å². The summed E-state index contributed by atoms with van der Waals surface area (Å²) >= 11 is 1.48. The van der Waals surface area contributed by atoms with E-state index in [4.69, 9.17) is 4.98 Å². The molecule has 4 aromatic rings. The predicted molar refractivity (Wildman–Crippen MR) is 115 cm³/mol. The number of fused-ring (bicyclic) bond motifs is 2. The molecule has 0 saturated carbocycles. The number of hydrogen-bond acceptors (Lipinski definition) is 6. The van der Waals surface area contributed by atoms with Crippen LogP contribution in [0.1, 0.15) is 18.0 Å². The number of benzene rings is 1. The van der Waals surface area contributed by atoms with Crippen LogP contribution >= 0.6 is 11.8 Å². The van der Waals surface area contributed by atoms with Gasteiger partial charge in [-0.1, -0.05) is 23.9 Å². The van der Waals surface area contributed by atoms with Crippen LogP contribution in [0.3, 0.4) is 0 Å². The molecule has 1 atom stereocenters. The van der Waals surface area contributed by atoms with Gasteiger partial charge in [0.2, 0.25) is 5.91 Å². The maximum atomic E-state index is 13.2. The lowest BCUT2D eigenvalue weighted by atomic mass is 10.2. The molecule has 1 aliphatic rings.